The van der Waals surface area contributed by atoms with Crippen LogP contribution in [0.15, 0.2) is 24.3 Å². The Labute approximate surface area is 117 Å². The Kier molecular flexibility index (Phi) is 4.10. The van der Waals surface area contributed by atoms with E-state index < -0.39 is 0 Å². The van der Waals surface area contributed by atoms with Gasteiger partial charge in [-0.2, -0.15) is 0 Å². The maximum absolute atomic E-state index is 3.65. The molecule has 1 N–H and O–H groups in total. The molecule has 2 saturated carbocycles. The van der Waals surface area contributed by atoms with Gasteiger partial charge >= 0.3 is 0 Å². The molecule has 2 bridgehead atoms. The Morgan fingerprint density at radius 2 is 1.95 bits per heavy atom. The van der Waals surface area contributed by atoms with Crippen LogP contribution in [0, 0.1) is 17.8 Å². The van der Waals surface area contributed by atoms with Crippen molar-refractivity contribution < 1.29 is 0 Å². The van der Waals surface area contributed by atoms with Gasteiger partial charge in [0.15, 0.2) is 0 Å². The quantitative estimate of drug-likeness (QED) is 0.766. The van der Waals surface area contributed by atoms with Crippen LogP contribution in [-0.2, 0) is 6.42 Å². The minimum atomic E-state index is 0.943. The minimum Gasteiger partial charge on any atom is -0.385 e. The molecular formula is C18H27N. The molecule has 1 heteroatoms. The smallest absolute Gasteiger partial charge is 0.0340 e. The Morgan fingerprint density at radius 3 is 2.58 bits per heavy atom. The number of fused-ring (bicyclic) bond motifs is 2. The number of benzene rings is 1. The fourth-order valence-corrected chi connectivity index (χ4v) is 4.05. The predicted molar refractivity (Wildman–Crippen MR) is 82.5 cm³/mol. The molecule has 3 rings (SSSR count). The van der Waals surface area contributed by atoms with Crippen molar-refractivity contribution in [3.8, 4) is 0 Å². The Balaban J connectivity index is 1.47. The van der Waals surface area contributed by atoms with Gasteiger partial charge in [-0.05, 0) is 67.6 Å². The van der Waals surface area contributed by atoms with Crippen LogP contribution in [0.25, 0.3) is 0 Å². The van der Waals surface area contributed by atoms with Gasteiger partial charge < -0.3 is 5.32 Å². The first-order valence-corrected chi connectivity index (χ1v) is 8.18. The van der Waals surface area contributed by atoms with Crippen molar-refractivity contribution in [2.75, 3.05) is 11.9 Å². The molecule has 0 aromatic heterocycles. The Morgan fingerprint density at radius 1 is 1.11 bits per heavy atom. The third kappa shape index (κ3) is 3.13. The van der Waals surface area contributed by atoms with Crippen molar-refractivity contribution in [3.05, 3.63) is 29.8 Å². The molecular weight excluding hydrogens is 230 g/mol. The van der Waals surface area contributed by atoms with Gasteiger partial charge in [0.1, 0.15) is 0 Å². The van der Waals surface area contributed by atoms with Gasteiger partial charge in [0.2, 0.25) is 0 Å². The highest BCUT2D eigenvalue weighted by molar-refractivity contribution is 5.44. The van der Waals surface area contributed by atoms with Gasteiger partial charge in [-0.1, -0.05) is 31.9 Å². The lowest BCUT2D eigenvalue weighted by molar-refractivity contribution is 0.348. The maximum Gasteiger partial charge on any atom is 0.0340 e. The van der Waals surface area contributed by atoms with Gasteiger partial charge in [-0.15, -0.1) is 0 Å². The molecule has 2 aliphatic rings. The molecule has 2 fully saturated rings. The third-order valence-electron chi connectivity index (χ3n) is 5.23. The van der Waals surface area contributed by atoms with E-state index >= 15 is 0 Å². The van der Waals surface area contributed by atoms with Crippen molar-refractivity contribution in [1.82, 2.24) is 0 Å². The number of hydrogen-bond donors (Lipinski definition) is 1. The van der Waals surface area contributed by atoms with E-state index in [4.69, 9.17) is 0 Å². The van der Waals surface area contributed by atoms with Crippen molar-refractivity contribution in [1.29, 1.82) is 0 Å². The summed E-state index contributed by atoms with van der Waals surface area (Å²) in [5.74, 6) is 3.04. The molecule has 0 aliphatic heterocycles. The highest BCUT2D eigenvalue weighted by atomic mass is 14.9. The molecule has 1 nitrogen and oxygen atoms in total. The summed E-state index contributed by atoms with van der Waals surface area (Å²) >= 11 is 0. The second kappa shape index (κ2) is 5.98. The van der Waals surface area contributed by atoms with E-state index in [1.807, 2.05) is 0 Å². The SMILES string of the molecule is CCCCc1ccc(NCC2CC3CCC2C3)cc1. The summed E-state index contributed by atoms with van der Waals surface area (Å²) in [5.41, 5.74) is 2.79. The topological polar surface area (TPSA) is 12.0 Å². The van der Waals surface area contributed by atoms with Crippen LogP contribution in [0.5, 0.6) is 0 Å². The number of rotatable bonds is 6. The minimum absolute atomic E-state index is 0.943. The predicted octanol–water partition coefficient (Wildman–Crippen LogP) is 4.88. The Hall–Kier alpha value is -0.980. The lowest BCUT2D eigenvalue weighted by Crippen LogP contribution is -2.20. The van der Waals surface area contributed by atoms with Crippen LogP contribution >= 0.6 is 0 Å². The number of unbranched alkanes of at least 4 members (excludes halogenated alkanes) is 1. The monoisotopic (exact) mass is 257 g/mol. The summed E-state index contributed by atoms with van der Waals surface area (Å²) < 4.78 is 0. The van der Waals surface area contributed by atoms with E-state index in [0.717, 1.165) is 17.8 Å². The van der Waals surface area contributed by atoms with Gasteiger partial charge in [0.25, 0.3) is 0 Å². The van der Waals surface area contributed by atoms with Gasteiger partial charge in [0, 0.05) is 12.2 Å². The molecule has 1 aromatic rings. The fourth-order valence-electron chi connectivity index (χ4n) is 4.05. The highest BCUT2D eigenvalue weighted by Gasteiger charge is 2.38. The number of anilines is 1. The van der Waals surface area contributed by atoms with E-state index in [1.165, 1.54) is 62.7 Å². The second-order valence-corrected chi connectivity index (χ2v) is 6.62. The maximum atomic E-state index is 3.65. The first-order valence-electron chi connectivity index (χ1n) is 8.18. The summed E-state index contributed by atoms with van der Waals surface area (Å²) in [5, 5.41) is 3.65. The van der Waals surface area contributed by atoms with Crippen LogP contribution < -0.4 is 5.32 Å². The Bertz CT molecular complexity index is 395. The molecule has 0 heterocycles. The first-order chi connectivity index (χ1) is 9.35. The second-order valence-electron chi connectivity index (χ2n) is 6.62. The van der Waals surface area contributed by atoms with Crippen LogP contribution in [-0.4, -0.2) is 6.54 Å². The molecule has 2 aliphatic carbocycles. The van der Waals surface area contributed by atoms with E-state index in [2.05, 4.69) is 36.5 Å². The highest BCUT2D eigenvalue weighted by Crippen LogP contribution is 2.48. The summed E-state index contributed by atoms with van der Waals surface area (Å²) in [6, 6.07) is 9.11. The average Bonchev–Trinajstić information content (AvgIpc) is 3.06. The van der Waals surface area contributed by atoms with Crippen LogP contribution in [0.3, 0.4) is 0 Å². The summed E-state index contributed by atoms with van der Waals surface area (Å²) in [6.45, 7) is 3.45. The number of aryl methyl sites for hydroxylation is 1. The lowest BCUT2D eigenvalue weighted by Gasteiger charge is -2.22. The molecule has 0 amide bonds. The van der Waals surface area contributed by atoms with E-state index in [1.54, 1.807) is 0 Å². The van der Waals surface area contributed by atoms with E-state index in [-0.39, 0.29) is 0 Å². The van der Waals surface area contributed by atoms with Crippen LogP contribution in [0.2, 0.25) is 0 Å². The summed E-state index contributed by atoms with van der Waals surface area (Å²) in [7, 11) is 0. The number of hydrogen-bond acceptors (Lipinski definition) is 1. The molecule has 1 aromatic carbocycles. The molecule has 19 heavy (non-hydrogen) atoms. The fraction of sp³-hybridized carbons (Fsp3) is 0.667. The largest absolute Gasteiger partial charge is 0.385 e. The van der Waals surface area contributed by atoms with Crippen molar-refractivity contribution in [2.24, 2.45) is 17.8 Å². The van der Waals surface area contributed by atoms with Gasteiger partial charge in [-0.25, -0.2) is 0 Å². The molecule has 0 spiro atoms. The normalized spacial score (nSPS) is 28.8. The standard InChI is InChI=1S/C18H27N/c1-2-3-4-14-6-9-18(10-7-14)19-13-17-12-15-5-8-16(17)11-15/h6-7,9-10,15-17,19H,2-5,8,11-13H2,1H3. The zero-order chi connectivity index (χ0) is 13.1. The van der Waals surface area contributed by atoms with Gasteiger partial charge in [-0.3, -0.25) is 0 Å². The van der Waals surface area contributed by atoms with Crippen molar-refractivity contribution in [3.63, 3.8) is 0 Å². The molecule has 3 atom stereocenters. The van der Waals surface area contributed by atoms with Crippen molar-refractivity contribution in [2.45, 2.75) is 51.9 Å². The number of nitrogens with one attached hydrogen (secondary N) is 1. The average molecular weight is 257 g/mol. The van der Waals surface area contributed by atoms with Crippen LogP contribution in [0.1, 0.15) is 51.0 Å². The van der Waals surface area contributed by atoms with Crippen LogP contribution in [0.4, 0.5) is 5.69 Å². The lowest BCUT2D eigenvalue weighted by atomic mass is 9.89. The molecule has 0 radical (unpaired) electrons. The zero-order valence-electron chi connectivity index (χ0n) is 12.2. The summed E-state index contributed by atoms with van der Waals surface area (Å²) in [4.78, 5) is 0. The first kappa shape index (κ1) is 13.0. The molecule has 0 saturated heterocycles. The summed E-state index contributed by atoms with van der Waals surface area (Å²) in [6.07, 6.45) is 9.81. The third-order valence-corrected chi connectivity index (χ3v) is 5.23. The van der Waals surface area contributed by atoms with Crippen molar-refractivity contribution >= 4 is 5.69 Å². The molecule has 104 valence electrons. The van der Waals surface area contributed by atoms with E-state index in [0.29, 0.717) is 0 Å². The van der Waals surface area contributed by atoms with Gasteiger partial charge in [0.05, 0.1) is 0 Å². The zero-order valence-corrected chi connectivity index (χ0v) is 12.2. The molecule has 3 unspecified atom stereocenters. The van der Waals surface area contributed by atoms with E-state index in [9.17, 15) is 0 Å².